The smallest absolute Gasteiger partial charge is 0.407 e. The van der Waals surface area contributed by atoms with Gasteiger partial charge in [0.05, 0.1) is 75.2 Å². The third-order valence-electron chi connectivity index (χ3n) is 12.0. The molecule has 2 aliphatic heterocycles. The number of hydrogen-bond donors (Lipinski definition) is 4. The number of amides is 2. The summed E-state index contributed by atoms with van der Waals surface area (Å²) >= 11 is 0. The molecule has 0 aromatic carbocycles. The van der Waals surface area contributed by atoms with Crippen LogP contribution in [0.25, 0.3) is 33.2 Å². The lowest BCUT2D eigenvalue weighted by Crippen LogP contribution is -2.33. The van der Waals surface area contributed by atoms with Gasteiger partial charge in [-0.25, -0.2) is 9.78 Å². The Bertz CT molecular complexity index is 2480. The van der Waals surface area contributed by atoms with Crippen molar-refractivity contribution in [2.24, 2.45) is 0 Å². The van der Waals surface area contributed by atoms with E-state index in [9.17, 15) is 19.2 Å². The summed E-state index contributed by atoms with van der Waals surface area (Å²) < 4.78 is 32.5. The summed E-state index contributed by atoms with van der Waals surface area (Å²) in [5.74, 6) is -1.70. The van der Waals surface area contributed by atoms with Crippen molar-refractivity contribution in [3.8, 4) is 0 Å². The lowest BCUT2D eigenvalue weighted by Gasteiger charge is -2.19. The van der Waals surface area contributed by atoms with Crippen LogP contribution in [-0.2, 0) is 50.9 Å². The number of fused-ring (bicyclic) bond motifs is 8. The summed E-state index contributed by atoms with van der Waals surface area (Å²) in [4.78, 5) is 69.7. The highest BCUT2D eigenvalue weighted by Crippen LogP contribution is 2.43. The first-order valence-corrected chi connectivity index (χ1v) is 23.2. The molecule has 3 aromatic rings. The second-order valence-corrected chi connectivity index (χ2v) is 17.8. The summed E-state index contributed by atoms with van der Waals surface area (Å²) in [6.45, 7) is 23.0. The van der Waals surface area contributed by atoms with Gasteiger partial charge in [0, 0.05) is 77.9 Å². The lowest BCUT2D eigenvalue weighted by atomic mass is 9.85. The van der Waals surface area contributed by atoms with E-state index in [1.807, 2.05) is 52.8 Å². The van der Waals surface area contributed by atoms with Gasteiger partial charge in [0.2, 0.25) is 0 Å². The first-order chi connectivity index (χ1) is 32.0. The van der Waals surface area contributed by atoms with E-state index in [2.05, 4.69) is 54.0 Å². The molecule has 67 heavy (non-hydrogen) atoms. The number of hydrogen-bond acceptors (Lipinski definition) is 12. The second-order valence-electron chi connectivity index (χ2n) is 17.8. The number of methoxy groups -OCH3 is 2. The van der Waals surface area contributed by atoms with Gasteiger partial charge in [-0.05, 0) is 108 Å². The number of carbonyl (C=O) groups excluding carboxylic acids is 4. The number of aromatic nitrogens is 4. The second kappa shape index (κ2) is 24.3. The first-order valence-electron chi connectivity index (χ1n) is 23.2. The van der Waals surface area contributed by atoms with Crippen LogP contribution in [0.5, 0.6) is 0 Å². The minimum Gasteiger partial charge on any atom is -0.469 e. The first kappa shape index (κ1) is 52.1. The van der Waals surface area contributed by atoms with Crippen molar-refractivity contribution in [1.82, 2.24) is 30.6 Å². The number of esters is 2. The van der Waals surface area contributed by atoms with Crippen LogP contribution in [0.4, 0.5) is 4.79 Å². The van der Waals surface area contributed by atoms with Crippen molar-refractivity contribution in [2.75, 3.05) is 67.0 Å². The summed E-state index contributed by atoms with van der Waals surface area (Å²) in [6.07, 6.45) is 3.65. The number of H-pyrrole nitrogens is 2. The van der Waals surface area contributed by atoms with Crippen molar-refractivity contribution >= 4 is 57.2 Å². The fourth-order valence-electron chi connectivity index (χ4n) is 8.40. The molecule has 5 heterocycles. The lowest BCUT2D eigenvalue weighted by molar-refractivity contribution is -0.141. The normalized spacial score (nSPS) is 14.8. The zero-order chi connectivity index (χ0) is 48.8. The van der Waals surface area contributed by atoms with Crippen molar-refractivity contribution in [3.05, 3.63) is 81.4 Å². The van der Waals surface area contributed by atoms with Crippen molar-refractivity contribution in [3.63, 3.8) is 0 Å². The van der Waals surface area contributed by atoms with E-state index in [1.165, 1.54) is 14.2 Å². The monoisotopic (exact) mass is 927 g/mol. The van der Waals surface area contributed by atoms with Crippen LogP contribution in [0, 0.1) is 13.8 Å². The Hall–Kier alpha value is -5.84. The van der Waals surface area contributed by atoms with Gasteiger partial charge in [0.15, 0.2) is 0 Å². The van der Waals surface area contributed by atoms with E-state index in [-0.39, 0.29) is 36.6 Å². The molecule has 2 atom stereocenters. The van der Waals surface area contributed by atoms with Gasteiger partial charge in [-0.1, -0.05) is 26.5 Å². The quantitative estimate of drug-likeness (QED) is 0.0427. The third kappa shape index (κ3) is 13.6. The molecule has 0 aliphatic carbocycles. The summed E-state index contributed by atoms with van der Waals surface area (Å²) in [5.41, 5.74) is 10.9. The van der Waals surface area contributed by atoms with Gasteiger partial charge >= 0.3 is 18.0 Å². The Labute approximate surface area is 394 Å². The molecular weight excluding hydrogens is 857 g/mol. The number of allylic oxidation sites excluding steroid dienone is 3. The van der Waals surface area contributed by atoms with Gasteiger partial charge in [0.25, 0.3) is 5.91 Å². The predicted octanol–water partition coefficient (Wildman–Crippen LogP) is 8.25. The molecule has 0 spiro atoms. The highest BCUT2D eigenvalue weighted by atomic mass is 16.6. The molecule has 0 saturated heterocycles. The number of nitrogens with one attached hydrogen (secondary N) is 4. The highest BCUT2D eigenvalue weighted by Gasteiger charge is 2.34. The zero-order valence-electron chi connectivity index (χ0n) is 41.0. The van der Waals surface area contributed by atoms with Crippen LogP contribution in [-0.4, -0.2) is 116 Å². The fourth-order valence-corrected chi connectivity index (χ4v) is 8.40. The number of rotatable bonds is 22. The van der Waals surface area contributed by atoms with E-state index in [4.69, 9.17) is 38.4 Å². The maximum atomic E-state index is 14.5. The number of carbonyl (C=O) groups is 4. The van der Waals surface area contributed by atoms with E-state index in [1.54, 1.807) is 0 Å². The van der Waals surface area contributed by atoms with Gasteiger partial charge in [0.1, 0.15) is 5.60 Å². The molecule has 2 aliphatic rings. The number of aryl methyl sites for hydroxylation is 3. The van der Waals surface area contributed by atoms with Crippen LogP contribution in [0.15, 0.2) is 30.9 Å². The minimum absolute atomic E-state index is 0.126. The maximum Gasteiger partial charge on any atom is 0.407 e. The minimum atomic E-state index is -0.538. The average molecular weight is 927 g/mol. The van der Waals surface area contributed by atoms with Crippen molar-refractivity contribution in [2.45, 2.75) is 111 Å². The molecule has 3 aromatic heterocycles. The number of alkyl carbamates (subject to hydrolysis) is 1. The van der Waals surface area contributed by atoms with Gasteiger partial charge in [-0.2, -0.15) is 0 Å². The Kier molecular flexibility index (Phi) is 18.9. The molecule has 0 radical (unpaired) electrons. The SMILES string of the molecule is C=CC1=C(C)c2cc3nc(c(CC(=O)OC)c4[nH]c(cc5[nH]c(cc1n2)c(C)c5CC)c(C)c4C(=O)NCCCOCCOCCOCCCNC(=O)OC(C)(C)C)C(CCC(=O)OC)C3C. The number of ether oxygens (including phenoxy) is 6. The van der Waals surface area contributed by atoms with E-state index in [0.29, 0.717) is 105 Å². The summed E-state index contributed by atoms with van der Waals surface area (Å²) in [6, 6.07) is 6.04. The fraction of sp³-hybridized carbons (Fsp3) is 0.529. The molecule has 4 N–H and O–H groups in total. The largest absolute Gasteiger partial charge is 0.469 e. The zero-order valence-corrected chi connectivity index (χ0v) is 41.0. The molecular formula is C51H70N6O10. The summed E-state index contributed by atoms with van der Waals surface area (Å²) in [7, 11) is 2.69. The molecule has 2 unspecified atom stereocenters. The van der Waals surface area contributed by atoms with Crippen LogP contribution >= 0.6 is 0 Å². The van der Waals surface area contributed by atoms with Crippen molar-refractivity contribution < 1.29 is 47.6 Å². The molecule has 0 saturated carbocycles. The Morgan fingerprint density at radius 1 is 0.776 bits per heavy atom. The van der Waals surface area contributed by atoms with E-state index in [0.717, 1.165) is 56.8 Å². The highest BCUT2D eigenvalue weighted by molar-refractivity contribution is 6.06. The average Bonchev–Trinajstić information content (AvgIpc) is 3.97. The molecule has 8 bridgehead atoms. The Morgan fingerprint density at radius 2 is 1.40 bits per heavy atom. The molecule has 16 heteroatoms. The van der Waals surface area contributed by atoms with Gasteiger partial charge in [-0.3, -0.25) is 19.4 Å². The van der Waals surface area contributed by atoms with Crippen molar-refractivity contribution in [1.29, 1.82) is 0 Å². The third-order valence-corrected chi connectivity index (χ3v) is 12.0. The number of aromatic amines is 2. The van der Waals surface area contributed by atoms with E-state index < -0.39 is 17.7 Å². The predicted molar refractivity (Wildman–Crippen MR) is 259 cm³/mol. The van der Waals surface area contributed by atoms with E-state index >= 15 is 0 Å². The molecule has 2 amide bonds. The van der Waals surface area contributed by atoms with Crippen LogP contribution in [0.1, 0.15) is 134 Å². The maximum absolute atomic E-state index is 14.5. The van der Waals surface area contributed by atoms with Gasteiger partial charge in [-0.15, -0.1) is 0 Å². The van der Waals surface area contributed by atoms with Crippen LogP contribution in [0.2, 0.25) is 0 Å². The molecule has 364 valence electrons. The Morgan fingerprint density at radius 3 is 2.01 bits per heavy atom. The molecule has 5 rings (SSSR count). The topological polar surface area (TPSA) is 205 Å². The van der Waals surface area contributed by atoms with Gasteiger partial charge < -0.3 is 49.0 Å². The molecule has 16 nitrogen and oxygen atoms in total. The van der Waals surface area contributed by atoms with Crippen LogP contribution < -0.4 is 10.6 Å². The summed E-state index contributed by atoms with van der Waals surface area (Å²) in [5, 5.41) is 5.80. The standard InChI is InChI=1S/C51H70N6O10/c1-12-34-30(3)38-27-40-32(5)36(16-17-44(58)62-10)47(56-40)37(26-45(59)63-11)48-46(33(6)41(57-48)29-43-35(13-2)31(4)39(55-43)28-42(34)54-38)49(60)52-18-14-20-64-22-24-66-25-23-65-21-15-19-53-50(61)67-51(7,8)9/h12,27-29,32,36,55,57H,1,13-26H2,2-11H3,(H,52,60)(H,53,61). The van der Waals surface area contributed by atoms with Crippen LogP contribution in [0.3, 0.4) is 0 Å². The number of nitrogens with zero attached hydrogens (tertiary/aromatic N) is 2. The Balaban J connectivity index is 1.41. The molecule has 0 fully saturated rings.